The molecule has 10 heteroatoms. The van der Waals surface area contributed by atoms with Gasteiger partial charge < -0.3 is 9.64 Å². The molecule has 1 aliphatic rings. The molecule has 0 saturated heterocycles. The third-order valence-corrected chi connectivity index (χ3v) is 5.96. The lowest BCUT2D eigenvalue weighted by Gasteiger charge is -2.37. The Balaban J connectivity index is 2.01. The van der Waals surface area contributed by atoms with Gasteiger partial charge in [-0.3, -0.25) is 4.79 Å². The number of halogens is 3. The van der Waals surface area contributed by atoms with E-state index in [0.29, 0.717) is 17.8 Å². The third kappa shape index (κ3) is 3.62. The average molecular weight is 400 g/mol. The SMILES string of the molecule is COC(=O)CN1CN(Cc2cc(F)c(F)cc2F)S(=O)(=O)c2ccccc21. The van der Waals surface area contributed by atoms with Gasteiger partial charge in [0.25, 0.3) is 0 Å². The minimum absolute atomic E-state index is 0.0804. The lowest BCUT2D eigenvalue weighted by Crippen LogP contribution is -2.48. The van der Waals surface area contributed by atoms with Gasteiger partial charge in [-0.15, -0.1) is 0 Å². The van der Waals surface area contributed by atoms with Gasteiger partial charge in [0.05, 0.1) is 19.5 Å². The second-order valence-electron chi connectivity index (χ2n) is 5.86. The molecule has 1 aliphatic heterocycles. The molecule has 0 unspecified atom stereocenters. The molecule has 6 nitrogen and oxygen atoms in total. The average Bonchev–Trinajstić information content (AvgIpc) is 2.63. The molecule has 0 N–H and O–H groups in total. The molecule has 27 heavy (non-hydrogen) atoms. The van der Waals surface area contributed by atoms with Gasteiger partial charge in [0.1, 0.15) is 17.3 Å². The summed E-state index contributed by atoms with van der Waals surface area (Å²) in [6.07, 6.45) is 0. The van der Waals surface area contributed by atoms with Crippen molar-refractivity contribution in [2.24, 2.45) is 0 Å². The molecule has 3 rings (SSSR count). The van der Waals surface area contributed by atoms with Crippen LogP contribution in [0.15, 0.2) is 41.3 Å². The number of methoxy groups -OCH3 is 1. The number of para-hydroxylation sites is 1. The number of rotatable bonds is 4. The number of nitrogens with zero attached hydrogens (tertiary/aromatic N) is 2. The summed E-state index contributed by atoms with van der Waals surface area (Å²) in [6.45, 7) is -1.05. The number of hydrogen-bond donors (Lipinski definition) is 0. The Morgan fingerprint density at radius 1 is 1.11 bits per heavy atom. The zero-order chi connectivity index (χ0) is 19.8. The van der Waals surface area contributed by atoms with Crippen molar-refractivity contribution in [1.29, 1.82) is 0 Å². The summed E-state index contributed by atoms with van der Waals surface area (Å²) in [6, 6.07) is 6.98. The standard InChI is InChI=1S/C17H15F3N2O4S/c1-26-17(23)9-21-10-22(8-11-6-13(19)14(20)7-12(11)18)27(24,25)16-5-3-2-4-15(16)21/h2-7H,8-10H2,1H3. The van der Waals surface area contributed by atoms with E-state index in [-0.39, 0.29) is 23.7 Å². The highest BCUT2D eigenvalue weighted by atomic mass is 32.2. The van der Waals surface area contributed by atoms with E-state index >= 15 is 0 Å². The van der Waals surface area contributed by atoms with Gasteiger partial charge in [-0.2, -0.15) is 4.31 Å². The number of carbonyl (C=O) groups excluding carboxylic acids is 1. The predicted molar refractivity (Wildman–Crippen MR) is 89.7 cm³/mol. The van der Waals surface area contributed by atoms with Crippen molar-refractivity contribution in [3.63, 3.8) is 0 Å². The Morgan fingerprint density at radius 3 is 2.48 bits per heavy atom. The normalized spacial score (nSPS) is 16.1. The highest BCUT2D eigenvalue weighted by Crippen LogP contribution is 2.34. The van der Waals surface area contributed by atoms with Crippen molar-refractivity contribution in [1.82, 2.24) is 4.31 Å². The molecule has 2 aromatic rings. The number of sulfonamides is 1. The Morgan fingerprint density at radius 2 is 1.78 bits per heavy atom. The van der Waals surface area contributed by atoms with Crippen LogP contribution in [0.5, 0.6) is 0 Å². The highest BCUT2D eigenvalue weighted by Gasteiger charge is 2.36. The number of ether oxygens (including phenoxy) is 1. The van der Waals surface area contributed by atoms with E-state index in [2.05, 4.69) is 4.74 Å². The summed E-state index contributed by atoms with van der Waals surface area (Å²) in [5.41, 5.74) is -0.0280. The molecule has 2 aromatic carbocycles. The van der Waals surface area contributed by atoms with Gasteiger partial charge in [-0.1, -0.05) is 12.1 Å². The smallest absolute Gasteiger partial charge is 0.325 e. The number of anilines is 1. The topological polar surface area (TPSA) is 66.9 Å². The maximum Gasteiger partial charge on any atom is 0.325 e. The molecular formula is C17H15F3N2O4S. The van der Waals surface area contributed by atoms with Crippen LogP contribution < -0.4 is 4.90 Å². The largest absolute Gasteiger partial charge is 0.468 e. The van der Waals surface area contributed by atoms with E-state index < -0.39 is 40.0 Å². The lowest BCUT2D eigenvalue weighted by molar-refractivity contribution is -0.139. The second kappa shape index (κ2) is 7.20. The number of fused-ring (bicyclic) bond motifs is 1. The number of esters is 1. The molecule has 0 aliphatic carbocycles. The van der Waals surface area contributed by atoms with Crippen LogP contribution in [-0.4, -0.2) is 39.0 Å². The van der Waals surface area contributed by atoms with E-state index in [9.17, 15) is 26.4 Å². The Kier molecular flexibility index (Phi) is 5.11. The molecule has 0 saturated carbocycles. The zero-order valence-electron chi connectivity index (χ0n) is 14.2. The van der Waals surface area contributed by atoms with Crippen LogP contribution in [0.1, 0.15) is 5.56 Å². The van der Waals surface area contributed by atoms with Crippen LogP contribution in [0.4, 0.5) is 18.9 Å². The summed E-state index contributed by atoms with van der Waals surface area (Å²) in [5, 5.41) is 0. The monoisotopic (exact) mass is 400 g/mol. The molecular weight excluding hydrogens is 385 g/mol. The van der Waals surface area contributed by atoms with Crippen LogP contribution in [0.2, 0.25) is 0 Å². The van der Waals surface area contributed by atoms with E-state index in [1.165, 1.54) is 30.2 Å². The second-order valence-corrected chi connectivity index (χ2v) is 7.76. The van der Waals surface area contributed by atoms with Crippen LogP contribution in [0.3, 0.4) is 0 Å². The summed E-state index contributed by atoms with van der Waals surface area (Å²) in [4.78, 5) is 13.0. The van der Waals surface area contributed by atoms with Gasteiger partial charge in [-0.05, 0) is 18.2 Å². The minimum Gasteiger partial charge on any atom is -0.468 e. The molecule has 0 atom stereocenters. The summed E-state index contributed by atoms with van der Waals surface area (Å²) < 4.78 is 71.8. The van der Waals surface area contributed by atoms with Crippen molar-refractivity contribution in [3.8, 4) is 0 Å². The predicted octanol–water partition coefficient (Wildman–Crippen LogP) is 2.25. The van der Waals surface area contributed by atoms with E-state index in [0.717, 1.165) is 4.31 Å². The molecule has 0 amide bonds. The fourth-order valence-electron chi connectivity index (χ4n) is 2.78. The number of hydrogen-bond acceptors (Lipinski definition) is 5. The Hall–Kier alpha value is -2.59. The molecule has 0 spiro atoms. The number of benzene rings is 2. The van der Waals surface area contributed by atoms with Crippen LogP contribution in [-0.2, 0) is 26.1 Å². The molecule has 0 radical (unpaired) electrons. The lowest BCUT2D eigenvalue weighted by atomic mass is 10.2. The van der Waals surface area contributed by atoms with Gasteiger partial charge in [-0.25, -0.2) is 21.6 Å². The summed E-state index contributed by atoms with van der Waals surface area (Å²) >= 11 is 0. The first kappa shape index (κ1) is 19.2. The van der Waals surface area contributed by atoms with E-state index in [1.54, 1.807) is 6.07 Å². The third-order valence-electron chi connectivity index (χ3n) is 4.14. The van der Waals surface area contributed by atoms with Crippen molar-refractivity contribution in [2.75, 3.05) is 25.2 Å². The molecule has 0 fully saturated rings. The molecule has 0 bridgehead atoms. The highest BCUT2D eigenvalue weighted by molar-refractivity contribution is 7.89. The first-order valence-corrected chi connectivity index (χ1v) is 9.22. The molecule has 1 heterocycles. The van der Waals surface area contributed by atoms with Gasteiger partial charge in [0, 0.05) is 18.2 Å². The first-order valence-electron chi connectivity index (χ1n) is 7.78. The van der Waals surface area contributed by atoms with E-state index in [1.807, 2.05) is 0 Å². The van der Waals surface area contributed by atoms with Crippen molar-refractivity contribution in [2.45, 2.75) is 11.4 Å². The quantitative estimate of drug-likeness (QED) is 0.582. The maximum atomic E-state index is 14.0. The zero-order valence-corrected chi connectivity index (χ0v) is 15.0. The number of carbonyl (C=O) groups is 1. The molecule has 0 aromatic heterocycles. The molecule has 144 valence electrons. The van der Waals surface area contributed by atoms with Crippen LogP contribution in [0, 0.1) is 17.5 Å². The van der Waals surface area contributed by atoms with Crippen LogP contribution >= 0.6 is 0 Å². The summed E-state index contributed by atoms with van der Waals surface area (Å²) in [7, 11) is -2.84. The van der Waals surface area contributed by atoms with Gasteiger partial charge >= 0.3 is 5.97 Å². The van der Waals surface area contributed by atoms with Crippen LogP contribution in [0.25, 0.3) is 0 Å². The maximum absolute atomic E-state index is 14.0. The van der Waals surface area contributed by atoms with E-state index in [4.69, 9.17) is 0 Å². The Labute approximate surface area is 153 Å². The van der Waals surface area contributed by atoms with Gasteiger partial charge in [0.2, 0.25) is 10.0 Å². The minimum atomic E-state index is -4.04. The first-order chi connectivity index (χ1) is 12.7. The van der Waals surface area contributed by atoms with Crippen molar-refractivity contribution in [3.05, 3.63) is 59.4 Å². The fraction of sp³-hybridized carbons (Fsp3) is 0.235. The van der Waals surface area contributed by atoms with Crippen molar-refractivity contribution < 1.29 is 31.1 Å². The Bertz CT molecular complexity index is 998. The van der Waals surface area contributed by atoms with Crippen molar-refractivity contribution >= 4 is 21.7 Å². The summed E-state index contributed by atoms with van der Waals surface area (Å²) in [5.74, 6) is -4.31. The van der Waals surface area contributed by atoms with Gasteiger partial charge in [0.15, 0.2) is 11.6 Å². The fourth-order valence-corrected chi connectivity index (χ4v) is 4.37.